The molecule has 0 atom stereocenters. The Balaban J connectivity index is 1.27. The number of amides is 3. The van der Waals surface area contributed by atoms with Crippen LogP contribution < -0.4 is 20.1 Å². The molecule has 2 N–H and O–H groups in total. The minimum atomic E-state index is -0.619. The summed E-state index contributed by atoms with van der Waals surface area (Å²) in [5, 5.41) is 16.8. The van der Waals surface area contributed by atoms with Gasteiger partial charge in [0.05, 0.1) is 11.8 Å². The van der Waals surface area contributed by atoms with Gasteiger partial charge in [-0.15, -0.1) is 5.10 Å². The Bertz CT molecular complexity index is 821. The zero-order chi connectivity index (χ0) is 17.2. The zero-order valence-electron chi connectivity index (χ0n) is 13.0. The molecule has 10 nitrogen and oxygen atoms in total. The number of benzene rings is 1. The quantitative estimate of drug-likeness (QED) is 0.761. The fourth-order valence-electron chi connectivity index (χ4n) is 2.26. The van der Waals surface area contributed by atoms with Crippen LogP contribution in [0.1, 0.15) is 18.9 Å². The number of urea groups is 1. The molecule has 1 aliphatic carbocycles. The van der Waals surface area contributed by atoms with E-state index in [4.69, 9.17) is 9.47 Å². The Kier molecular flexibility index (Phi) is 4.14. The Morgan fingerprint density at radius 3 is 2.96 bits per heavy atom. The van der Waals surface area contributed by atoms with E-state index in [0.29, 0.717) is 28.4 Å². The van der Waals surface area contributed by atoms with E-state index >= 15 is 0 Å². The predicted octanol–water partition coefficient (Wildman–Crippen LogP) is 1.18. The molecular formula is C14H14N6O4S. The number of nitrogens with zero attached hydrogens (tertiary/aromatic N) is 4. The number of tetrazole rings is 1. The molecule has 4 rings (SSSR count). The normalized spacial score (nSPS) is 15.0. The third-order valence-corrected chi connectivity index (χ3v) is 4.50. The number of hydrogen-bond donors (Lipinski definition) is 2. The molecule has 0 radical (unpaired) electrons. The highest BCUT2D eigenvalue weighted by atomic mass is 32.2. The van der Waals surface area contributed by atoms with E-state index in [1.807, 2.05) is 0 Å². The number of ether oxygens (including phenoxy) is 2. The van der Waals surface area contributed by atoms with Gasteiger partial charge in [-0.05, 0) is 35.4 Å². The van der Waals surface area contributed by atoms with Crippen LogP contribution in [-0.4, -0.2) is 44.7 Å². The molecule has 1 aliphatic heterocycles. The number of anilines is 1. The maximum atomic E-state index is 11.9. The summed E-state index contributed by atoms with van der Waals surface area (Å²) in [6.45, 7) is 0.154. The lowest BCUT2D eigenvalue weighted by Crippen LogP contribution is -2.35. The van der Waals surface area contributed by atoms with Gasteiger partial charge in [-0.2, -0.15) is 0 Å². The van der Waals surface area contributed by atoms with E-state index in [-0.39, 0.29) is 12.5 Å². The van der Waals surface area contributed by atoms with E-state index in [9.17, 15) is 9.59 Å². The molecule has 2 aromatic rings. The highest BCUT2D eigenvalue weighted by Gasteiger charge is 2.28. The van der Waals surface area contributed by atoms with Crippen molar-refractivity contribution >= 4 is 29.4 Å². The summed E-state index contributed by atoms with van der Waals surface area (Å²) in [7, 11) is 0. The highest BCUT2D eigenvalue weighted by molar-refractivity contribution is 7.99. The molecule has 0 saturated heterocycles. The number of thioether (sulfide) groups is 1. The molecule has 0 bridgehead atoms. The molecule has 3 amide bonds. The lowest BCUT2D eigenvalue weighted by Gasteiger charge is -2.07. The van der Waals surface area contributed by atoms with Crippen LogP contribution in [0.4, 0.5) is 10.5 Å². The van der Waals surface area contributed by atoms with Gasteiger partial charge in [0.1, 0.15) is 0 Å². The summed E-state index contributed by atoms with van der Waals surface area (Å²) in [4.78, 5) is 23.8. The maximum absolute atomic E-state index is 11.9. The minimum Gasteiger partial charge on any atom is -0.454 e. The Labute approximate surface area is 146 Å². The topological polar surface area (TPSA) is 120 Å². The van der Waals surface area contributed by atoms with Gasteiger partial charge >= 0.3 is 6.03 Å². The molecule has 130 valence electrons. The molecule has 2 aliphatic rings. The van der Waals surface area contributed by atoms with E-state index in [2.05, 4.69) is 26.2 Å². The number of nitrogens with one attached hydrogen (secondary N) is 2. The average Bonchev–Trinajstić information content (AvgIpc) is 3.14. The van der Waals surface area contributed by atoms with E-state index in [1.165, 1.54) is 11.8 Å². The highest BCUT2D eigenvalue weighted by Crippen LogP contribution is 2.36. The lowest BCUT2D eigenvalue weighted by atomic mass is 10.3. The zero-order valence-corrected chi connectivity index (χ0v) is 13.8. The molecule has 0 unspecified atom stereocenters. The van der Waals surface area contributed by atoms with Crippen LogP contribution in [0.2, 0.25) is 0 Å². The summed E-state index contributed by atoms with van der Waals surface area (Å²) in [6, 6.07) is 4.69. The molecular weight excluding hydrogens is 348 g/mol. The van der Waals surface area contributed by atoms with Gasteiger partial charge in [0.15, 0.2) is 11.5 Å². The SMILES string of the molecule is O=C(CSc1nnnn1C1CC1)NC(=O)Nc1ccc2c(c1)OCO2. The van der Waals surface area contributed by atoms with E-state index in [1.54, 1.807) is 22.9 Å². The molecule has 1 saturated carbocycles. The van der Waals surface area contributed by atoms with Crippen molar-refractivity contribution in [2.24, 2.45) is 0 Å². The average molecular weight is 362 g/mol. The van der Waals surface area contributed by atoms with Gasteiger partial charge in [0.25, 0.3) is 0 Å². The van der Waals surface area contributed by atoms with Gasteiger partial charge in [0.2, 0.25) is 17.9 Å². The fraction of sp³-hybridized carbons (Fsp3) is 0.357. The lowest BCUT2D eigenvalue weighted by molar-refractivity contribution is -0.117. The molecule has 2 heterocycles. The first-order valence-electron chi connectivity index (χ1n) is 7.60. The third kappa shape index (κ3) is 3.65. The van der Waals surface area contributed by atoms with Crippen LogP contribution in [0.3, 0.4) is 0 Å². The first-order valence-corrected chi connectivity index (χ1v) is 8.59. The number of hydrogen-bond acceptors (Lipinski definition) is 8. The van der Waals surface area contributed by atoms with Crippen LogP contribution in [0.25, 0.3) is 0 Å². The van der Waals surface area contributed by atoms with Gasteiger partial charge in [0, 0.05) is 11.8 Å². The number of fused-ring (bicyclic) bond motifs is 1. The summed E-state index contributed by atoms with van der Waals surface area (Å²) in [6.07, 6.45) is 2.09. The molecule has 1 aromatic heterocycles. The first-order chi connectivity index (χ1) is 12.2. The molecule has 1 aromatic carbocycles. The van der Waals surface area contributed by atoms with Crippen LogP contribution in [0.5, 0.6) is 11.5 Å². The van der Waals surface area contributed by atoms with Crippen LogP contribution in [-0.2, 0) is 4.79 Å². The van der Waals surface area contributed by atoms with Gasteiger partial charge in [-0.25, -0.2) is 9.48 Å². The second kappa shape index (κ2) is 6.59. The summed E-state index contributed by atoms with van der Waals surface area (Å²) in [5.41, 5.74) is 0.500. The molecule has 25 heavy (non-hydrogen) atoms. The maximum Gasteiger partial charge on any atom is 0.325 e. The van der Waals surface area contributed by atoms with Crippen molar-refractivity contribution in [2.45, 2.75) is 24.0 Å². The van der Waals surface area contributed by atoms with Crippen molar-refractivity contribution in [1.82, 2.24) is 25.5 Å². The monoisotopic (exact) mass is 362 g/mol. The first kappa shape index (κ1) is 15.7. The van der Waals surface area contributed by atoms with Gasteiger partial charge in [-0.3, -0.25) is 10.1 Å². The predicted molar refractivity (Wildman–Crippen MR) is 86.5 cm³/mol. The van der Waals surface area contributed by atoms with Crippen molar-refractivity contribution in [3.63, 3.8) is 0 Å². The fourth-order valence-corrected chi connectivity index (χ4v) is 3.00. The van der Waals surface area contributed by atoms with E-state index in [0.717, 1.165) is 12.8 Å². The van der Waals surface area contributed by atoms with Crippen molar-refractivity contribution in [1.29, 1.82) is 0 Å². The standard InChI is InChI=1S/C14H14N6O4S/c21-12(6-25-14-17-18-19-20(14)9-2-3-9)16-13(22)15-8-1-4-10-11(5-8)24-7-23-10/h1,4-5,9H,2-3,6-7H2,(H2,15,16,21,22). The second-order valence-corrected chi connectivity index (χ2v) is 6.44. The van der Waals surface area contributed by atoms with Crippen molar-refractivity contribution in [2.75, 3.05) is 17.9 Å². The number of rotatable bonds is 5. The van der Waals surface area contributed by atoms with Crippen molar-refractivity contribution < 1.29 is 19.1 Å². The Morgan fingerprint density at radius 2 is 2.12 bits per heavy atom. The van der Waals surface area contributed by atoms with Gasteiger partial charge < -0.3 is 14.8 Å². The van der Waals surface area contributed by atoms with Crippen LogP contribution in [0.15, 0.2) is 23.4 Å². The molecule has 11 heteroatoms. The largest absolute Gasteiger partial charge is 0.454 e. The van der Waals surface area contributed by atoms with E-state index < -0.39 is 11.9 Å². The molecule has 1 fully saturated rings. The minimum absolute atomic E-state index is 0.0433. The second-order valence-electron chi connectivity index (χ2n) is 5.50. The van der Waals surface area contributed by atoms with Crippen LogP contribution >= 0.6 is 11.8 Å². The smallest absolute Gasteiger partial charge is 0.325 e. The molecule has 0 spiro atoms. The van der Waals surface area contributed by atoms with Crippen molar-refractivity contribution in [3.8, 4) is 11.5 Å². The van der Waals surface area contributed by atoms with Crippen molar-refractivity contribution in [3.05, 3.63) is 18.2 Å². The summed E-state index contributed by atoms with van der Waals surface area (Å²) < 4.78 is 12.1. The number of carbonyl (C=O) groups is 2. The Hall–Kier alpha value is -2.82. The summed E-state index contributed by atoms with van der Waals surface area (Å²) >= 11 is 1.19. The van der Waals surface area contributed by atoms with Crippen LogP contribution in [0, 0.1) is 0 Å². The third-order valence-electron chi connectivity index (χ3n) is 3.57. The number of carbonyl (C=O) groups excluding carboxylic acids is 2. The number of aromatic nitrogens is 4. The Morgan fingerprint density at radius 1 is 1.28 bits per heavy atom. The number of imide groups is 1. The summed E-state index contributed by atoms with van der Waals surface area (Å²) in [5.74, 6) is 0.772. The van der Waals surface area contributed by atoms with Gasteiger partial charge in [-0.1, -0.05) is 11.8 Å².